The van der Waals surface area contributed by atoms with Crippen molar-refractivity contribution in [1.82, 2.24) is 0 Å². The van der Waals surface area contributed by atoms with Gasteiger partial charge in [-0.25, -0.2) is 0 Å². The average molecular weight is 895 g/mol. The fraction of sp³-hybridized carbons (Fsp3) is 0.519. The van der Waals surface area contributed by atoms with E-state index in [2.05, 4.69) is 90.3 Å². The van der Waals surface area contributed by atoms with Gasteiger partial charge in [0.1, 0.15) is 17.8 Å². The summed E-state index contributed by atoms with van der Waals surface area (Å²) >= 11 is 0. The molecule has 2 aliphatic rings. The Kier molecular flexibility index (Phi) is 16.5. The molecule has 0 aliphatic carbocycles. The van der Waals surface area contributed by atoms with Gasteiger partial charge in [0.15, 0.2) is 23.0 Å². The highest BCUT2D eigenvalue weighted by atomic mass is 16.5. The molecule has 5 atom stereocenters. The molecule has 0 aromatic heterocycles. The monoisotopic (exact) mass is 895 g/mol. The lowest BCUT2D eigenvalue weighted by atomic mass is 9.84. The zero-order valence-corrected chi connectivity index (χ0v) is 41.0. The fourth-order valence-electron chi connectivity index (χ4n) is 9.99. The summed E-state index contributed by atoms with van der Waals surface area (Å²) < 4.78 is 41.3. The van der Waals surface area contributed by atoms with Gasteiger partial charge in [-0.05, 0) is 115 Å². The molecule has 0 amide bonds. The highest BCUT2D eigenvalue weighted by Crippen LogP contribution is 2.44. The maximum absolute atomic E-state index is 13.3. The molecule has 6 rings (SSSR count). The van der Waals surface area contributed by atoms with E-state index < -0.39 is 0 Å². The molecule has 0 spiro atoms. The number of likely N-dealkylation sites (N-methyl/N-ethyl adjacent to an activating group) is 2. The largest absolute Gasteiger partial charge is 0.496 e. The summed E-state index contributed by atoms with van der Waals surface area (Å²) in [5, 5.41) is 0. The summed E-state index contributed by atoms with van der Waals surface area (Å²) in [7, 11) is 12.9. The van der Waals surface area contributed by atoms with Gasteiger partial charge in [-0.2, -0.15) is 0 Å². The number of hydrogen-bond acceptors (Lipinski definition) is 9. The Morgan fingerprint density at radius 3 is 1.54 bits per heavy atom. The van der Waals surface area contributed by atoms with Crippen molar-refractivity contribution < 1.29 is 51.7 Å². The van der Waals surface area contributed by atoms with Crippen molar-refractivity contribution in [2.75, 3.05) is 89.0 Å². The van der Waals surface area contributed by atoms with Crippen molar-refractivity contribution >= 4 is 11.9 Å². The molecule has 0 radical (unpaired) electrons. The predicted molar refractivity (Wildman–Crippen MR) is 254 cm³/mol. The van der Waals surface area contributed by atoms with Gasteiger partial charge in [-0.1, -0.05) is 31.2 Å². The molecule has 65 heavy (non-hydrogen) atoms. The van der Waals surface area contributed by atoms with Crippen LogP contribution >= 0.6 is 0 Å². The summed E-state index contributed by atoms with van der Waals surface area (Å²) in [6, 6.07) is 21.7. The van der Waals surface area contributed by atoms with Gasteiger partial charge in [-0.15, -0.1) is 0 Å². The number of carbonyl (C=O) groups is 2. The first kappa shape index (κ1) is 49.2. The maximum Gasteiger partial charge on any atom is 0.311 e. The zero-order chi connectivity index (χ0) is 46.9. The Bertz CT molecular complexity index is 2290. The van der Waals surface area contributed by atoms with E-state index in [0.717, 1.165) is 60.1 Å². The van der Waals surface area contributed by atoms with Crippen molar-refractivity contribution in [2.24, 2.45) is 5.92 Å². The normalized spacial score (nSPS) is 20.5. The molecule has 0 bridgehead atoms. The number of hydrogen-bond donors (Lipinski definition) is 0. The third-order valence-electron chi connectivity index (χ3n) is 14.6. The van der Waals surface area contributed by atoms with Crippen molar-refractivity contribution in [1.29, 1.82) is 0 Å². The Labute approximate surface area is 388 Å². The van der Waals surface area contributed by atoms with Gasteiger partial charge in [0, 0.05) is 36.8 Å². The Hall–Kier alpha value is -5.26. The number of nitrogens with zero attached hydrogens (tertiary/aromatic N) is 2. The molecule has 352 valence electrons. The van der Waals surface area contributed by atoms with E-state index in [1.54, 1.807) is 35.5 Å². The highest BCUT2D eigenvalue weighted by Gasteiger charge is 2.42. The van der Waals surface area contributed by atoms with E-state index in [-0.39, 0.29) is 29.9 Å². The zero-order valence-electron chi connectivity index (χ0n) is 41.0. The first-order valence-electron chi connectivity index (χ1n) is 23.3. The number of aryl methyl sites for hydroxylation is 3. The molecule has 4 aromatic carbocycles. The van der Waals surface area contributed by atoms with Crippen molar-refractivity contribution in [3.05, 3.63) is 111 Å². The molecule has 2 unspecified atom stereocenters. The third kappa shape index (κ3) is 11.8. The molecule has 0 saturated carbocycles. The van der Waals surface area contributed by atoms with Crippen molar-refractivity contribution in [3.8, 4) is 28.7 Å². The lowest BCUT2D eigenvalue weighted by Crippen LogP contribution is -2.53. The molecular formula is C54H74N2O9+2. The van der Waals surface area contributed by atoms with Crippen LogP contribution in [0.1, 0.15) is 94.8 Å². The second-order valence-electron chi connectivity index (χ2n) is 19.0. The van der Waals surface area contributed by atoms with E-state index in [0.29, 0.717) is 79.5 Å². The molecule has 0 saturated heterocycles. The Balaban J connectivity index is 0.990. The van der Waals surface area contributed by atoms with Gasteiger partial charge in [0.2, 0.25) is 0 Å². The molecule has 2 heterocycles. The summed E-state index contributed by atoms with van der Waals surface area (Å²) in [6.07, 6.45) is 5.49. The third-order valence-corrected chi connectivity index (χ3v) is 14.6. The fourth-order valence-corrected chi connectivity index (χ4v) is 9.99. The maximum atomic E-state index is 13.3. The van der Waals surface area contributed by atoms with Gasteiger partial charge in [0.25, 0.3) is 0 Å². The van der Waals surface area contributed by atoms with E-state index in [4.69, 9.17) is 33.2 Å². The van der Waals surface area contributed by atoms with Crippen molar-refractivity contribution in [3.63, 3.8) is 0 Å². The molecular weight excluding hydrogens is 821 g/mol. The number of ether oxygens (including phenoxy) is 7. The smallest absolute Gasteiger partial charge is 0.311 e. The van der Waals surface area contributed by atoms with E-state index in [9.17, 15) is 9.59 Å². The van der Waals surface area contributed by atoms with Crippen LogP contribution in [0.4, 0.5) is 0 Å². The predicted octanol–water partition coefficient (Wildman–Crippen LogP) is 9.21. The number of esters is 2. The van der Waals surface area contributed by atoms with Crippen LogP contribution in [0.25, 0.3) is 0 Å². The minimum absolute atomic E-state index is 0.0479. The summed E-state index contributed by atoms with van der Waals surface area (Å²) in [5.74, 6) is 3.54. The van der Waals surface area contributed by atoms with Crippen LogP contribution in [0, 0.1) is 26.7 Å². The lowest BCUT2D eigenvalue weighted by Gasteiger charge is -2.46. The van der Waals surface area contributed by atoms with Gasteiger partial charge in [0.05, 0.1) is 102 Å². The number of carbonyl (C=O) groups excluding carboxylic acids is 2. The number of methoxy groups -OCH3 is 5. The standard InChI is InChI=1S/C54H74N2O9/c1-36(20-26-64-53(57)18-24-55(5)22-16-42-28-38(3)39(4)29-44(42)46(55)30-40-13-12-37(2)49(32-40)60-8)21-27-65-54(58)19-25-56(6)23-17-43-34-51(62-10)52(63-11)35-45(43)47(56)31-41-14-15-48(59-7)50(33-41)61-9/h12-15,28-29,32-36,46-47H,16-27,30-31H2,1-11H3/q+2/t36?,46-,47-,55?,56-/m1/s1. The number of rotatable bonds is 21. The second-order valence-corrected chi connectivity index (χ2v) is 19.0. The summed E-state index contributed by atoms with van der Waals surface area (Å²) in [6.45, 7) is 12.4. The minimum Gasteiger partial charge on any atom is -0.496 e. The molecule has 2 aliphatic heterocycles. The summed E-state index contributed by atoms with van der Waals surface area (Å²) in [4.78, 5) is 26.5. The summed E-state index contributed by atoms with van der Waals surface area (Å²) in [5.41, 5.74) is 11.3. The van der Waals surface area contributed by atoms with Crippen LogP contribution in [0.15, 0.2) is 60.7 Å². The first-order valence-corrected chi connectivity index (χ1v) is 23.3. The molecule has 0 N–H and O–H groups in total. The molecule has 11 heteroatoms. The van der Waals surface area contributed by atoms with Crippen LogP contribution < -0.4 is 23.7 Å². The quantitative estimate of drug-likeness (QED) is 0.0599. The van der Waals surface area contributed by atoms with Crippen LogP contribution in [0.5, 0.6) is 28.7 Å². The van der Waals surface area contributed by atoms with Crippen LogP contribution in [0.3, 0.4) is 0 Å². The van der Waals surface area contributed by atoms with Crippen LogP contribution in [-0.4, -0.2) is 110 Å². The van der Waals surface area contributed by atoms with Gasteiger partial charge in [-0.3, -0.25) is 9.59 Å². The lowest BCUT2D eigenvalue weighted by molar-refractivity contribution is -0.940. The molecule has 11 nitrogen and oxygen atoms in total. The van der Waals surface area contributed by atoms with Crippen LogP contribution in [-0.2, 0) is 44.7 Å². The first-order chi connectivity index (χ1) is 31.1. The molecule has 0 fully saturated rings. The number of fused-ring (bicyclic) bond motifs is 2. The highest BCUT2D eigenvalue weighted by molar-refractivity contribution is 5.69. The average Bonchev–Trinajstić information content (AvgIpc) is 3.30. The van der Waals surface area contributed by atoms with Gasteiger partial charge >= 0.3 is 11.9 Å². The minimum atomic E-state index is -0.201. The number of quaternary nitrogens is 2. The Morgan fingerprint density at radius 2 is 1.00 bits per heavy atom. The van der Waals surface area contributed by atoms with E-state index >= 15 is 0 Å². The van der Waals surface area contributed by atoms with Crippen LogP contribution in [0.2, 0.25) is 0 Å². The van der Waals surface area contributed by atoms with Gasteiger partial charge < -0.3 is 42.1 Å². The van der Waals surface area contributed by atoms with E-state index in [1.807, 2.05) is 12.1 Å². The van der Waals surface area contributed by atoms with Crippen molar-refractivity contribution in [2.45, 2.75) is 91.1 Å². The topological polar surface area (TPSA) is 98.8 Å². The van der Waals surface area contributed by atoms with E-state index in [1.165, 1.54) is 38.9 Å². The SMILES string of the molecule is COc1cc(C[C@@H]2c3cc(C)c(C)cc3CC[N+]2(C)CCC(=O)OCCC(C)CCOC(=O)CC[N@@+]2(C)CCc3cc(OC)c(OC)cc3[C@H]2Cc2ccc(OC)c(OC)c2)ccc1C. The second kappa shape index (κ2) is 21.8. The molecule has 4 aromatic rings. The number of benzene rings is 4. The Morgan fingerprint density at radius 1 is 0.554 bits per heavy atom.